The Morgan fingerprint density at radius 2 is 0.846 bits per heavy atom. The number of aliphatic imine (C=N–C) groups is 2. The fourth-order valence-corrected chi connectivity index (χ4v) is 7.15. The Hall–Kier alpha value is -5.26. The zero-order valence-electron chi connectivity index (χ0n) is 29.6. The first-order valence-electron chi connectivity index (χ1n) is 17.5. The van der Waals surface area contributed by atoms with E-state index in [0.29, 0.717) is 11.4 Å². The van der Waals surface area contributed by atoms with Gasteiger partial charge in [-0.2, -0.15) is 0 Å². The first-order valence-corrected chi connectivity index (χ1v) is 17.5. The third-order valence-corrected chi connectivity index (χ3v) is 10.5. The summed E-state index contributed by atoms with van der Waals surface area (Å²) >= 11 is 0. The molecule has 6 aliphatic rings. The van der Waals surface area contributed by atoms with E-state index in [4.69, 9.17) is 0 Å². The number of nitrogens with zero attached hydrogens (tertiary/aromatic N) is 6. The van der Waals surface area contributed by atoms with Gasteiger partial charge in [0.25, 0.3) is 0 Å². The summed E-state index contributed by atoms with van der Waals surface area (Å²) < 4.78 is 0. The van der Waals surface area contributed by atoms with Gasteiger partial charge in [-0.1, -0.05) is 72.9 Å². The summed E-state index contributed by atoms with van der Waals surface area (Å²) in [5.41, 5.74) is 7.62. The van der Waals surface area contributed by atoms with Crippen molar-refractivity contribution in [2.24, 2.45) is 33.7 Å². The van der Waals surface area contributed by atoms with Gasteiger partial charge in [0, 0.05) is 63.4 Å². The molecule has 0 spiro atoms. The van der Waals surface area contributed by atoms with Crippen molar-refractivity contribution in [3.8, 4) is 0 Å². The Morgan fingerprint density at radius 1 is 0.481 bits per heavy atom. The molecule has 10 nitrogen and oxygen atoms in total. The molecule has 0 unspecified atom stereocenters. The monoisotopic (exact) mass is 694 g/mol. The summed E-state index contributed by atoms with van der Waals surface area (Å²) in [6, 6.07) is 16.2. The van der Waals surface area contributed by atoms with Crippen LogP contribution in [0.2, 0.25) is 0 Å². The summed E-state index contributed by atoms with van der Waals surface area (Å²) in [6.07, 6.45) is 22.0. The topological polar surface area (TPSA) is 130 Å². The normalized spacial score (nSPS) is 32.9. The van der Waals surface area contributed by atoms with Gasteiger partial charge in [-0.25, -0.2) is 9.98 Å². The molecule has 10 heteroatoms. The standard InChI is InChI=1S/C26H24N2O2.C16H18N4O2/c1-27-19(13-11-17-7-3-5-9-23(17)27)15-21-25(29)22(26(21)30)16-20-14-12-18-8-4-6-10-24(18)28(20)2;1-19-5-3-11(17-9-19)7-13-15(21)14(16(13)22)8-12-4-6-20(2)10-18-12/h3-16,21-22,25-26H,1-2H3;3-10,13-16H,1-2H3/q2*-2. The summed E-state index contributed by atoms with van der Waals surface area (Å²) in [6.45, 7) is 0. The third kappa shape index (κ3) is 6.98. The van der Waals surface area contributed by atoms with Gasteiger partial charge < -0.3 is 40.0 Å². The van der Waals surface area contributed by atoms with Crippen LogP contribution in [0, 0.1) is 23.7 Å². The third-order valence-electron chi connectivity index (χ3n) is 10.5. The van der Waals surface area contributed by atoms with Crippen molar-refractivity contribution >= 4 is 36.2 Å². The number of benzene rings is 2. The largest absolute Gasteiger partial charge is 0.851 e. The first-order chi connectivity index (χ1) is 25.1. The van der Waals surface area contributed by atoms with Gasteiger partial charge in [-0.15, -0.1) is 24.4 Å². The molecule has 52 heavy (non-hydrogen) atoms. The molecule has 2 aromatic rings. The van der Waals surface area contributed by atoms with Crippen LogP contribution in [-0.4, -0.2) is 75.1 Å². The van der Waals surface area contributed by atoms with E-state index in [1.165, 1.54) is 0 Å². The van der Waals surface area contributed by atoms with Gasteiger partial charge in [0.1, 0.15) is 0 Å². The number of para-hydroxylation sites is 2. The number of anilines is 2. The van der Waals surface area contributed by atoms with Crippen LogP contribution < -0.4 is 30.2 Å². The molecule has 0 aromatic heterocycles. The van der Waals surface area contributed by atoms with Crippen molar-refractivity contribution in [3.05, 3.63) is 143 Å². The molecule has 0 bridgehead atoms. The average molecular weight is 695 g/mol. The lowest BCUT2D eigenvalue weighted by Gasteiger charge is -2.60. The van der Waals surface area contributed by atoms with Gasteiger partial charge in [-0.05, 0) is 71.2 Å². The number of hydrogen-bond donors (Lipinski definition) is 0. The fraction of sp³-hybridized carbons (Fsp3) is 0.286. The molecule has 0 amide bonds. The molecule has 4 heterocycles. The Labute approximate surface area is 305 Å². The second-order valence-corrected chi connectivity index (χ2v) is 13.9. The Bertz CT molecular complexity index is 1800. The molecule has 2 fully saturated rings. The predicted octanol–water partition coefficient (Wildman–Crippen LogP) is 2.22. The highest BCUT2D eigenvalue weighted by molar-refractivity contribution is 5.77. The van der Waals surface area contributed by atoms with Gasteiger partial charge in [0.2, 0.25) is 0 Å². The zero-order chi connectivity index (χ0) is 36.5. The van der Waals surface area contributed by atoms with Crippen LogP contribution in [-0.2, 0) is 0 Å². The molecular formula is C42H42N6O4-4. The summed E-state index contributed by atoms with van der Waals surface area (Å²) in [7, 11) is 7.69. The van der Waals surface area contributed by atoms with E-state index in [9.17, 15) is 20.4 Å². The lowest BCUT2D eigenvalue weighted by atomic mass is 9.68. The molecule has 0 radical (unpaired) electrons. The maximum absolute atomic E-state index is 12.9. The van der Waals surface area contributed by atoms with E-state index in [-0.39, 0.29) is 0 Å². The Kier molecular flexibility index (Phi) is 9.98. The molecule has 2 aliphatic carbocycles. The highest BCUT2D eigenvalue weighted by Gasteiger charge is 2.36. The van der Waals surface area contributed by atoms with Crippen LogP contribution in [0.15, 0.2) is 142 Å². The van der Waals surface area contributed by atoms with Crippen LogP contribution in [0.4, 0.5) is 11.4 Å². The van der Waals surface area contributed by atoms with Crippen LogP contribution >= 0.6 is 0 Å². The molecule has 268 valence electrons. The summed E-state index contributed by atoms with van der Waals surface area (Å²) in [4.78, 5) is 16.1. The van der Waals surface area contributed by atoms with Crippen molar-refractivity contribution in [1.29, 1.82) is 0 Å². The Morgan fingerprint density at radius 3 is 1.21 bits per heavy atom. The lowest BCUT2D eigenvalue weighted by Crippen LogP contribution is -2.66. The predicted molar refractivity (Wildman–Crippen MR) is 200 cm³/mol. The van der Waals surface area contributed by atoms with E-state index in [1.54, 1.807) is 46.8 Å². The maximum atomic E-state index is 12.9. The number of fused-ring (bicyclic) bond motifs is 2. The van der Waals surface area contributed by atoms with Crippen molar-refractivity contribution < 1.29 is 20.4 Å². The van der Waals surface area contributed by atoms with Crippen LogP contribution in [0.1, 0.15) is 11.1 Å². The summed E-state index contributed by atoms with van der Waals surface area (Å²) in [5.74, 6) is -2.07. The molecule has 2 saturated carbocycles. The molecule has 2 aromatic carbocycles. The van der Waals surface area contributed by atoms with Gasteiger partial charge >= 0.3 is 0 Å². The maximum Gasteiger partial charge on any atom is 0.0949 e. The molecule has 4 aliphatic heterocycles. The van der Waals surface area contributed by atoms with Crippen molar-refractivity contribution in [2.45, 2.75) is 24.4 Å². The second-order valence-electron chi connectivity index (χ2n) is 13.9. The van der Waals surface area contributed by atoms with Crippen molar-refractivity contribution in [1.82, 2.24) is 9.80 Å². The van der Waals surface area contributed by atoms with E-state index < -0.39 is 48.1 Å². The van der Waals surface area contributed by atoms with Gasteiger partial charge in [0.05, 0.1) is 24.1 Å². The number of likely N-dealkylation sites (N-methyl/N-ethyl adjacent to an activating group) is 2. The van der Waals surface area contributed by atoms with Gasteiger partial charge in [-0.3, -0.25) is 0 Å². The lowest BCUT2D eigenvalue weighted by molar-refractivity contribution is -0.550. The van der Waals surface area contributed by atoms with Crippen molar-refractivity contribution in [2.75, 3.05) is 38.0 Å². The van der Waals surface area contributed by atoms with Gasteiger partial charge in [0.15, 0.2) is 0 Å². The zero-order valence-corrected chi connectivity index (χ0v) is 29.6. The van der Waals surface area contributed by atoms with Crippen LogP contribution in [0.5, 0.6) is 0 Å². The van der Waals surface area contributed by atoms with E-state index in [1.807, 2.05) is 113 Å². The van der Waals surface area contributed by atoms with Crippen LogP contribution in [0.25, 0.3) is 12.2 Å². The number of allylic oxidation sites excluding steroid dienone is 4. The van der Waals surface area contributed by atoms with Crippen LogP contribution in [0.3, 0.4) is 0 Å². The SMILES string of the molecule is CN1C(=CC2C([O-])C(C=C3C=Cc4ccccc4N3C)C2[O-])C=Cc2ccccc21.CN1C=CC(=CC2C([O-])C(C=C3C=CN(C)C=N3)C2[O-])N=C1. The summed E-state index contributed by atoms with van der Waals surface area (Å²) in [5, 5.41) is 50.4. The van der Waals surface area contributed by atoms with E-state index in [2.05, 4.69) is 31.9 Å². The molecule has 0 atom stereocenters. The minimum Gasteiger partial charge on any atom is -0.851 e. The molecule has 0 N–H and O–H groups in total. The minimum absolute atomic E-state index is 0.510. The second kappa shape index (κ2) is 14.8. The molecule has 8 rings (SSSR count). The Balaban J connectivity index is 0.000000170. The highest BCUT2D eigenvalue weighted by atomic mass is 16.3. The number of rotatable bonds is 4. The highest BCUT2D eigenvalue weighted by Crippen LogP contribution is 2.39. The fourth-order valence-electron chi connectivity index (χ4n) is 7.15. The quantitative estimate of drug-likeness (QED) is 0.477. The van der Waals surface area contributed by atoms with Crippen molar-refractivity contribution in [3.63, 3.8) is 0 Å². The number of hydrogen-bond acceptors (Lipinski definition) is 10. The molecular weight excluding hydrogens is 653 g/mol. The first kappa shape index (κ1) is 35.2. The van der Waals surface area contributed by atoms with E-state index >= 15 is 0 Å². The smallest absolute Gasteiger partial charge is 0.0949 e. The van der Waals surface area contributed by atoms with E-state index in [0.717, 1.165) is 33.9 Å². The average Bonchev–Trinajstić information content (AvgIpc) is 3.17. The molecule has 0 saturated heterocycles. The minimum atomic E-state index is -0.936.